The summed E-state index contributed by atoms with van der Waals surface area (Å²) in [6, 6.07) is 13.1. The Hall–Kier alpha value is -1.82. The molecule has 2 aromatic rings. The minimum atomic E-state index is 1.08. The summed E-state index contributed by atoms with van der Waals surface area (Å²) in [5.41, 5.74) is 8.31. The summed E-state index contributed by atoms with van der Waals surface area (Å²) in [7, 11) is 0. The molecule has 0 nitrogen and oxygen atoms in total. The van der Waals surface area contributed by atoms with Gasteiger partial charge in [0.05, 0.1) is 0 Å². The average Bonchev–Trinajstić information content (AvgIpc) is 2.68. The Morgan fingerprint density at radius 2 is 1.94 bits per heavy atom. The minimum Gasteiger partial charge on any atom is -0.0985 e. The van der Waals surface area contributed by atoms with E-state index in [1.54, 1.807) is 0 Å². The third-order valence-corrected chi connectivity index (χ3v) is 3.41. The molecule has 0 saturated carbocycles. The molecule has 0 fully saturated rings. The largest absolute Gasteiger partial charge is 0.0985 e. The molecule has 0 atom stereocenters. The number of rotatable bonds is 1. The molecule has 16 heavy (non-hydrogen) atoms. The lowest BCUT2D eigenvalue weighted by molar-refractivity contribution is 1.21. The highest BCUT2D eigenvalue weighted by molar-refractivity contribution is 5.79. The van der Waals surface area contributed by atoms with E-state index < -0.39 is 0 Å². The van der Waals surface area contributed by atoms with E-state index in [1.807, 2.05) is 6.08 Å². The van der Waals surface area contributed by atoms with E-state index in [2.05, 4.69) is 49.9 Å². The Morgan fingerprint density at radius 1 is 1.12 bits per heavy atom. The van der Waals surface area contributed by atoms with Gasteiger partial charge in [-0.2, -0.15) is 0 Å². The summed E-state index contributed by atoms with van der Waals surface area (Å²) in [5.74, 6) is 0. The molecule has 0 heterocycles. The van der Waals surface area contributed by atoms with Crippen molar-refractivity contribution in [2.45, 2.75) is 13.3 Å². The molecule has 1 aliphatic carbocycles. The van der Waals surface area contributed by atoms with Crippen LogP contribution in [0.15, 0.2) is 43.0 Å². The highest BCUT2D eigenvalue weighted by Gasteiger charge is 2.19. The first-order valence-corrected chi connectivity index (χ1v) is 5.64. The van der Waals surface area contributed by atoms with Crippen LogP contribution >= 0.6 is 0 Å². The van der Waals surface area contributed by atoms with Crippen molar-refractivity contribution in [2.24, 2.45) is 0 Å². The molecule has 0 unspecified atom stereocenters. The fourth-order valence-corrected chi connectivity index (χ4v) is 2.57. The smallest absolute Gasteiger partial charge is 0.00108 e. The van der Waals surface area contributed by atoms with Gasteiger partial charge in [0.15, 0.2) is 0 Å². The van der Waals surface area contributed by atoms with E-state index in [-0.39, 0.29) is 0 Å². The first kappa shape index (κ1) is 9.41. The molecule has 0 N–H and O–H groups in total. The third kappa shape index (κ3) is 1.23. The lowest BCUT2D eigenvalue weighted by Crippen LogP contribution is -1.87. The van der Waals surface area contributed by atoms with Crippen molar-refractivity contribution in [3.63, 3.8) is 0 Å². The normalized spacial score (nSPS) is 12.1. The maximum absolute atomic E-state index is 3.85. The van der Waals surface area contributed by atoms with E-state index in [0.29, 0.717) is 0 Å². The van der Waals surface area contributed by atoms with Crippen molar-refractivity contribution in [2.75, 3.05) is 0 Å². The number of fused-ring (bicyclic) bond motifs is 3. The summed E-state index contributed by atoms with van der Waals surface area (Å²) in [4.78, 5) is 0. The van der Waals surface area contributed by atoms with E-state index in [0.717, 1.165) is 6.42 Å². The lowest BCUT2D eigenvalue weighted by atomic mass is 9.99. The van der Waals surface area contributed by atoms with Gasteiger partial charge in [0.25, 0.3) is 0 Å². The second kappa shape index (κ2) is 3.34. The fourth-order valence-electron chi connectivity index (χ4n) is 2.57. The van der Waals surface area contributed by atoms with Gasteiger partial charge in [-0.05, 0) is 52.8 Å². The van der Waals surface area contributed by atoms with Crippen LogP contribution in [0.25, 0.3) is 17.2 Å². The number of aryl methyl sites for hydroxylation is 1. The van der Waals surface area contributed by atoms with E-state index in [1.165, 1.54) is 33.4 Å². The number of hydrogen-bond donors (Lipinski definition) is 0. The van der Waals surface area contributed by atoms with Crippen LogP contribution in [0.3, 0.4) is 0 Å². The van der Waals surface area contributed by atoms with Crippen LogP contribution in [0.2, 0.25) is 0 Å². The number of hydrogen-bond acceptors (Lipinski definition) is 0. The topological polar surface area (TPSA) is 0 Å². The van der Waals surface area contributed by atoms with E-state index in [9.17, 15) is 0 Å². The van der Waals surface area contributed by atoms with E-state index >= 15 is 0 Å². The Kier molecular flexibility index (Phi) is 1.97. The van der Waals surface area contributed by atoms with Gasteiger partial charge in [0.1, 0.15) is 0 Å². The highest BCUT2D eigenvalue weighted by Crippen LogP contribution is 2.38. The van der Waals surface area contributed by atoms with Crippen molar-refractivity contribution in [1.29, 1.82) is 0 Å². The molecule has 0 spiro atoms. The molecule has 3 rings (SSSR count). The predicted octanol–water partition coefficient (Wildman–Crippen LogP) is 4.21. The minimum absolute atomic E-state index is 1.08. The monoisotopic (exact) mass is 206 g/mol. The van der Waals surface area contributed by atoms with Gasteiger partial charge in [0.2, 0.25) is 0 Å². The standard InChI is InChI=1S/C16H14/c1-3-12-8-11(2)15-10-13-6-4-5-7-14(13)16(15)9-12/h3-9H,1,10H2,2H3. The molecule has 0 aromatic heterocycles. The highest BCUT2D eigenvalue weighted by atomic mass is 14.2. The Balaban J connectivity index is 2.31. The second-order valence-corrected chi connectivity index (χ2v) is 4.40. The van der Waals surface area contributed by atoms with Gasteiger partial charge < -0.3 is 0 Å². The Bertz CT molecular complexity index is 577. The molecule has 0 aliphatic heterocycles. The SMILES string of the molecule is C=Cc1cc(C)c2c(c1)-c1ccccc1C2. The van der Waals surface area contributed by atoms with Gasteiger partial charge in [0, 0.05) is 0 Å². The molecular weight excluding hydrogens is 192 g/mol. The molecule has 0 saturated heterocycles. The van der Waals surface area contributed by atoms with Crippen LogP contribution in [0.1, 0.15) is 22.3 Å². The zero-order valence-corrected chi connectivity index (χ0v) is 9.46. The van der Waals surface area contributed by atoms with Crippen molar-refractivity contribution < 1.29 is 0 Å². The van der Waals surface area contributed by atoms with Gasteiger partial charge in [-0.15, -0.1) is 0 Å². The summed E-state index contributed by atoms with van der Waals surface area (Å²) in [6.07, 6.45) is 3.00. The average molecular weight is 206 g/mol. The molecule has 2 aromatic carbocycles. The van der Waals surface area contributed by atoms with Gasteiger partial charge in [-0.1, -0.05) is 43.0 Å². The van der Waals surface area contributed by atoms with Crippen LogP contribution < -0.4 is 0 Å². The first-order chi connectivity index (χ1) is 7.79. The van der Waals surface area contributed by atoms with Crippen LogP contribution in [0.5, 0.6) is 0 Å². The quantitative estimate of drug-likeness (QED) is 0.559. The summed E-state index contributed by atoms with van der Waals surface area (Å²) < 4.78 is 0. The van der Waals surface area contributed by atoms with E-state index in [4.69, 9.17) is 0 Å². The molecule has 0 bridgehead atoms. The van der Waals surface area contributed by atoms with Crippen LogP contribution in [0.4, 0.5) is 0 Å². The Morgan fingerprint density at radius 3 is 2.75 bits per heavy atom. The molecule has 0 heteroatoms. The van der Waals surface area contributed by atoms with Crippen molar-refractivity contribution >= 4 is 6.08 Å². The summed E-state index contributed by atoms with van der Waals surface area (Å²) in [6.45, 7) is 6.05. The molecular formula is C16H14. The molecule has 0 amide bonds. The van der Waals surface area contributed by atoms with Crippen molar-refractivity contribution in [1.82, 2.24) is 0 Å². The summed E-state index contributed by atoms with van der Waals surface area (Å²) in [5, 5.41) is 0. The second-order valence-electron chi connectivity index (χ2n) is 4.40. The van der Waals surface area contributed by atoms with Gasteiger partial charge in [-0.25, -0.2) is 0 Å². The van der Waals surface area contributed by atoms with Crippen LogP contribution in [-0.2, 0) is 6.42 Å². The van der Waals surface area contributed by atoms with Gasteiger partial charge >= 0.3 is 0 Å². The zero-order chi connectivity index (χ0) is 11.1. The van der Waals surface area contributed by atoms with Crippen LogP contribution in [-0.4, -0.2) is 0 Å². The fraction of sp³-hybridized carbons (Fsp3) is 0.125. The zero-order valence-electron chi connectivity index (χ0n) is 9.46. The molecule has 0 radical (unpaired) electrons. The Labute approximate surface area is 96.3 Å². The molecule has 1 aliphatic rings. The predicted molar refractivity (Wildman–Crippen MR) is 69.5 cm³/mol. The summed E-state index contributed by atoms with van der Waals surface area (Å²) >= 11 is 0. The van der Waals surface area contributed by atoms with Crippen molar-refractivity contribution in [3.05, 3.63) is 65.2 Å². The van der Waals surface area contributed by atoms with Crippen LogP contribution in [0, 0.1) is 6.92 Å². The number of benzene rings is 2. The first-order valence-electron chi connectivity index (χ1n) is 5.64. The molecule has 78 valence electrons. The van der Waals surface area contributed by atoms with Crippen molar-refractivity contribution in [3.8, 4) is 11.1 Å². The third-order valence-electron chi connectivity index (χ3n) is 3.41. The maximum atomic E-state index is 3.85. The lowest BCUT2D eigenvalue weighted by Gasteiger charge is -2.06. The maximum Gasteiger partial charge on any atom is -0.00108 e. The van der Waals surface area contributed by atoms with Gasteiger partial charge in [-0.3, -0.25) is 0 Å².